The summed E-state index contributed by atoms with van der Waals surface area (Å²) >= 11 is 0. The molecule has 1 atom stereocenters. The van der Waals surface area contributed by atoms with Crippen molar-refractivity contribution in [1.29, 1.82) is 0 Å². The molecule has 0 aliphatic carbocycles. The molecule has 0 bridgehead atoms. The third-order valence-corrected chi connectivity index (χ3v) is 2.44. The maximum absolute atomic E-state index is 9.10. The highest BCUT2D eigenvalue weighted by Crippen LogP contribution is 2.12. The summed E-state index contributed by atoms with van der Waals surface area (Å²) in [6, 6.07) is 7.68. The zero-order valence-electron chi connectivity index (χ0n) is 9.22. The summed E-state index contributed by atoms with van der Waals surface area (Å²) in [6.45, 7) is 1.73. The molecule has 1 aromatic carbocycles. The van der Waals surface area contributed by atoms with Crippen molar-refractivity contribution in [3.05, 3.63) is 36.2 Å². The Morgan fingerprint density at radius 2 is 2.00 bits per heavy atom. The summed E-state index contributed by atoms with van der Waals surface area (Å²) in [7, 11) is 0. The number of benzene rings is 1. The number of aliphatic hydroxyl groups is 1. The van der Waals surface area contributed by atoms with Gasteiger partial charge in [0.1, 0.15) is 0 Å². The first-order chi connectivity index (χ1) is 7.61. The van der Waals surface area contributed by atoms with Gasteiger partial charge in [0.25, 0.3) is 0 Å². The van der Waals surface area contributed by atoms with Crippen LogP contribution < -0.4 is 5.73 Å². The Balaban J connectivity index is 2.33. The highest BCUT2D eigenvalue weighted by atomic mass is 16.3. The van der Waals surface area contributed by atoms with Gasteiger partial charge in [-0.05, 0) is 19.1 Å². The lowest BCUT2D eigenvalue weighted by molar-refractivity contribution is 0.207. The van der Waals surface area contributed by atoms with E-state index in [-0.39, 0.29) is 6.61 Å². The molecule has 0 amide bonds. The van der Waals surface area contributed by atoms with Gasteiger partial charge in [-0.25, -0.2) is 4.98 Å². The lowest BCUT2D eigenvalue weighted by Crippen LogP contribution is -2.42. The fraction of sp³-hybridized carbons (Fsp3) is 0.333. The number of fused-ring (bicyclic) bond motifs is 1. The number of para-hydroxylation sites is 2. The first kappa shape index (κ1) is 11.0. The summed E-state index contributed by atoms with van der Waals surface area (Å²) in [5.41, 5.74) is 7.76. The molecule has 3 N–H and O–H groups in total. The number of aliphatic hydroxyl groups excluding tert-OH is 1. The summed E-state index contributed by atoms with van der Waals surface area (Å²) in [6.07, 6.45) is 2.23. The van der Waals surface area contributed by atoms with Crippen LogP contribution in [-0.4, -0.2) is 27.2 Å². The number of hydrogen-bond donors (Lipinski definition) is 2. The molecule has 4 nitrogen and oxygen atoms in total. The van der Waals surface area contributed by atoms with Crippen molar-refractivity contribution in [2.24, 2.45) is 5.73 Å². The molecule has 0 radical (unpaired) electrons. The smallest absolute Gasteiger partial charge is 0.0890 e. The molecule has 1 aromatic heterocycles. The normalized spacial score (nSPS) is 14.9. The Morgan fingerprint density at radius 3 is 2.69 bits per heavy atom. The second-order valence-corrected chi connectivity index (χ2v) is 4.34. The molecule has 0 aliphatic heterocycles. The van der Waals surface area contributed by atoms with Crippen LogP contribution in [0.5, 0.6) is 0 Å². The van der Waals surface area contributed by atoms with Gasteiger partial charge in [0, 0.05) is 18.2 Å². The third-order valence-electron chi connectivity index (χ3n) is 2.44. The van der Waals surface area contributed by atoms with Crippen molar-refractivity contribution in [2.75, 3.05) is 6.61 Å². The quantitative estimate of drug-likeness (QED) is 0.800. The number of aromatic nitrogens is 2. The van der Waals surface area contributed by atoms with Gasteiger partial charge >= 0.3 is 0 Å². The van der Waals surface area contributed by atoms with Gasteiger partial charge in [-0.3, -0.25) is 4.98 Å². The second kappa shape index (κ2) is 4.15. The Morgan fingerprint density at radius 1 is 1.31 bits per heavy atom. The van der Waals surface area contributed by atoms with Crippen LogP contribution in [0.25, 0.3) is 11.0 Å². The molecular formula is C12H15N3O. The SMILES string of the molecule is CC(N)(CO)Cc1cnc2ccccc2n1. The third kappa shape index (κ3) is 2.35. The molecule has 0 aliphatic rings. The predicted molar refractivity (Wildman–Crippen MR) is 62.9 cm³/mol. The van der Waals surface area contributed by atoms with Gasteiger partial charge in [0.05, 0.1) is 23.3 Å². The van der Waals surface area contributed by atoms with Crippen molar-refractivity contribution in [3.63, 3.8) is 0 Å². The summed E-state index contributed by atoms with van der Waals surface area (Å²) in [4.78, 5) is 8.75. The maximum Gasteiger partial charge on any atom is 0.0890 e. The highest BCUT2D eigenvalue weighted by molar-refractivity contribution is 5.73. The lowest BCUT2D eigenvalue weighted by Gasteiger charge is -2.20. The fourth-order valence-corrected chi connectivity index (χ4v) is 1.55. The average molecular weight is 217 g/mol. The Bertz CT molecular complexity index is 496. The van der Waals surface area contributed by atoms with E-state index in [2.05, 4.69) is 9.97 Å². The lowest BCUT2D eigenvalue weighted by atomic mass is 9.99. The van der Waals surface area contributed by atoms with E-state index in [1.165, 1.54) is 0 Å². The molecule has 0 spiro atoms. The zero-order valence-corrected chi connectivity index (χ0v) is 9.22. The van der Waals surface area contributed by atoms with Crippen LogP contribution in [0.15, 0.2) is 30.5 Å². The van der Waals surface area contributed by atoms with E-state index >= 15 is 0 Å². The van der Waals surface area contributed by atoms with Crippen molar-refractivity contribution in [1.82, 2.24) is 9.97 Å². The van der Waals surface area contributed by atoms with Crippen LogP contribution >= 0.6 is 0 Å². The van der Waals surface area contributed by atoms with E-state index in [1.54, 1.807) is 13.1 Å². The molecule has 0 saturated carbocycles. The molecule has 0 saturated heterocycles. The molecule has 16 heavy (non-hydrogen) atoms. The monoisotopic (exact) mass is 217 g/mol. The van der Waals surface area contributed by atoms with Crippen LogP contribution in [-0.2, 0) is 6.42 Å². The van der Waals surface area contributed by atoms with E-state index in [0.29, 0.717) is 6.42 Å². The molecule has 2 rings (SSSR count). The van der Waals surface area contributed by atoms with Gasteiger partial charge in [-0.1, -0.05) is 12.1 Å². The predicted octanol–water partition coefficient (Wildman–Crippen LogP) is 0.882. The minimum atomic E-state index is -0.642. The first-order valence-electron chi connectivity index (χ1n) is 5.21. The highest BCUT2D eigenvalue weighted by Gasteiger charge is 2.18. The summed E-state index contributed by atoms with van der Waals surface area (Å²) in [5.74, 6) is 0. The van der Waals surface area contributed by atoms with Crippen molar-refractivity contribution in [3.8, 4) is 0 Å². The Hall–Kier alpha value is -1.52. The molecule has 1 heterocycles. The van der Waals surface area contributed by atoms with Crippen LogP contribution in [0, 0.1) is 0 Å². The molecule has 84 valence electrons. The number of hydrogen-bond acceptors (Lipinski definition) is 4. The number of nitrogens with two attached hydrogens (primary N) is 1. The van der Waals surface area contributed by atoms with E-state index in [1.807, 2.05) is 24.3 Å². The van der Waals surface area contributed by atoms with E-state index in [9.17, 15) is 0 Å². The molecule has 4 heteroatoms. The van der Waals surface area contributed by atoms with Crippen LogP contribution in [0.1, 0.15) is 12.6 Å². The fourth-order valence-electron chi connectivity index (χ4n) is 1.55. The molecule has 1 unspecified atom stereocenters. The minimum absolute atomic E-state index is 0.0679. The Kier molecular flexibility index (Phi) is 2.85. The van der Waals surface area contributed by atoms with E-state index in [0.717, 1.165) is 16.7 Å². The van der Waals surface area contributed by atoms with Crippen LogP contribution in [0.4, 0.5) is 0 Å². The maximum atomic E-state index is 9.10. The standard InChI is InChI=1S/C12H15N3O/c1-12(13,8-16)6-9-7-14-10-4-2-3-5-11(10)15-9/h2-5,7,16H,6,8,13H2,1H3. The first-order valence-corrected chi connectivity index (χ1v) is 5.21. The largest absolute Gasteiger partial charge is 0.394 e. The molecule has 2 aromatic rings. The second-order valence-electron chi connectivity index (χ2n) is 4.34. The van der Waals surface area contributed by atoms with Gasteiger partial charge in [0.2, 0.25) is 0 Å². The zero-order chi connectivity index (χ0) is 11.6. The summed E-state index contributed by atoms with van der Waals surface area (Å²) < 4.78 is 0. The van der Waals surface area contributed by atoms with Gasteiger partial charge in [-0.2, -0.15) is 0 Å². The minimum Gasteiger partial charge on any atom is -0.394 e. The summed E-state index contributed by atoms with van der Waals surface area (Å²) in [5, 5.41) is 9.10. The van der Waals surface area contributed by atoms with Gasteiger partial charge in [-0.15, -0.1) is 0 Å². The van der Waals surface area contributed by atoms with Crippen molar-refractivity contribution >= 4 is 11.0 Å². The van der Waals surface area contributed by atoms with E-state index < -0.39 is 5.54 Å². The van der Waals surface area contributed by atoms with Gasteiger partial charge in [0.15, 0.2) is 0 Å². The van der Waals surface area contributed by atoms with Crippen LogP contribution in [0.2, 0.25) is 0 Å². The topological polar surface area (TPSA) is 72.0 Å². The molecular weight excluding hydrogens is 202 g/mol. The van der Waals surface area contributed by atoms with Crippen LogP contribution in [0.3, 0.4) is 0 Å². The molecule has 0 fully saturated rings. The van der Waals surface area contributed by atoms with E-state index in [4.69, 9.17) is 10.8 Å². The Labute approximate surface area is 94.1 Å². The van der Waals surface area contributed by atoms with Gasteiger partial charge < -0.3 is 10.8 Å². The number of nitrogens with zero attached hydrogens (tertiary/aromatic N) is 2. The van der Waals surface area contributed by atoms with Crippen molar-refractivity contribution in [2.45, 2.75) is 18.9 Å². The average Bonchev–Trinajstić information content (AvgIpc) is 2.28. The number of rotatable bonds is 3. The van der Waals surface area contributed by atoms with Crippen molar-refractivity contribution < 1.29 is 5.11 Å².